The summed E-state index contributed by atoms with van der Waals surface area (Å²) < 4.78 is 5.64. The summed E-state index contributed by atoms with van der Waals surface area (Å²) in [6.07, 6.45) is 1.18. The molecule has 0 spiro atoms. The number of piperidine rings is 1. The van der Waals surface area contributed by atoms with Crippen molar-refractivity contribution in [2.75, 3.05) is 30.4 Å². The molecule has 0 unspecified atom stereocenters. The molecule has 2 N–H and O–H groups in total. The molecule has 2 aliphatic rings. The molecule has 3 heterocycles. The minimum Gasteiger partial charge on any atom is -0.446 e. The quantitative estimate of drug-likeness (QED) is 0.764. The van der Waals surface area contributed by atoms with Crippen molar-refractivity contribution in [2.45, 2.75) is 38.7 Å². The number of thiophene rings is 1. The maximum absolute atomic E-state index is 12.2. The first kappa shape index (κ1) is 18.8. The number of amides is 1. The summed E-state index contributed by atoms with van der Waals surface area (Å²) in [5.41, 5.74) is 3.19. The van der Waals surface area contributed by atoms with Crippen LogP contribution in [0.2, 0.25) is 0 Å². The molecular weight excluding hydrogens is 372 g/mol. The number of amidine groups is 1. The molecule has 6 nitrogen and oxygen atoms in total. The van der Waals surface area contributed by atoms with Crippen molar-refractivity contribution in [3.8, 4) is 0 Å². The Morgan fingerprint density at radius 1 is 1.29 bits per heavy atom. The second-order valence-electron chi connectivity index (χ2n) is 7.47. The van der Waals surface area contributed by atoms with Crippen molar-refractivity contribution >= 4 is 34.0 Å². The number of benzene rings is 1. The summed E-state index contributed by atoms with van der Waals surface area (Å²) in [7, 11) is 0. The van der Waals surface area contributed by atoms with Crippen LogP contribution < -0.4 is 10.6 Å². The summed E-state index contributed by atoms with van der Waals surface area (Å²) in [6.45, 7) is 6.61. The highest BCUT2D eigenvalue weighted by atomic mass is 32.1. The lowest BCUT2D eigenvalue weighted by atomic mass is 10.0. The van der Waals surface area contributed by atoms with Gasteiger partial charge >= 0.3 is 6.09 Å². The smallest absolute Gasteiger partial charge is 0.411 e. The van der Waals surface area contributed by atoms with Gasteiger partial charge in [-0.25, -0.2) is 9.79 Å². The molecule has 0 bridgehead atoms. The van der Waals surface area contributed by atoms with Gasteiger partial charge in [0.15, 0.2) is 0 Å². The van der Waals surface area contributed by atoms with E-state index in [1.165, 1.54) is 16.1 Å². The monoisotopic (exact) mass is 400 g/mol. The standard InChI is InChI=1S/C21H26N4O2S.H2/c1-14(2)15-3-5-16(6-4-15)24-21(26)27-17-7-10-25(11-8-17)19-18-9-12-28-20(18)23-13-22-19;/h3-6,9,12,14,17,23H,7-8,10-11,13H2,1-2H3,(H,24,26);1H. The third-order valence-electron chi connectivity index (χ3n) is 5.21. The molecule has 0 saturated carbocycles. The van der Waals surface area contributed by atoms with E-state index in [-0.39, 0.29) is 13.6 Å². The number of likely N-dealkylation sites (tertiary alicyclic amines) is 1. The SMILES string of the molecule is CC(C)c1ccc(NC(=O)OC2CCN(C3=NCNc4sccc43)CC2)cc1.[HH]. The molecule has 1 amide bonds. The van der Waals surface area contributed by atoms with Gasteiger partial charge in [0.2, 0.25) is 0 Å². The molecule has 2 aromatic rings. The molecule has 150 valence electrons. The Morgan fingerprint density at radius 2 is 2.04 bits per heavy atom. The number of hydrogen-bond donors (Lipinski definition) is 2. The Hall–Kier alpha value is -2.54. The van der Waals surface area contributed by atoms with Gasteiger partial charge in [-0.05, 0) is 35.1 Å². The average Bonchev–Trinajstić information content (AvgIpc) is 3.18. The molecule has 1 saturated heterocycles. The van der Waals surface area contributed by atoms with Crippen molar-refractivity contribution in [1.29, 1.82) is 0 Å². The van der Waals surface area contributed by atoms with E-state index in [4.69, 9.17) is 4.74 Å². The Balaban J connectivity index is 0.00000240. The number of carbonyl (C=O) groups excluding carboxylic acids is 1. The van der Waals surface area contributed by atoms with Crippen LogP contribution in [0, 0.1) is 0 Å². The van der Waals surface area contributed by atoms with Gasteiger partial charge in [0, 0.05) is 33.0 Å². The van der Waals surface area contributed by atoms with Crippen LogP contribution in [0.3, 0.4) is 0 Å². The maximum Gasteiger partial charge on any atom is 0.411 e. The molecular formula is C21H28N4O2S. The van der Waals surface area contributed by atoms with Gasteiger partial charge < -0.3 is 15.0 Å². The van der Waals surface area contributed by atoms with E-state index in [2.05, 4.69) is 45.8 Å². The van der Waals surface area contributed by atoms with Gasteiger partial charge in [-0.1, -0.05) is 26.0 Å². The van der Waals surface area contributed by atoms with E-state index in [1.807, 2.05) is 24.3 Å². The molecule has 28 heavy (non-hydrogen) atoms. The van der Waals surface area contributed by atoms with Gasteiger partial charge in [-0.3, -0.25) is 5.32 Å². The van der Waals surface area contributed by atoms with E-state index >= 15 is 0 Å². The highest BCUT2D eigenvalue weighted by Crippen LogP contribution is 2.29. The van der Waals surface area contributed by atoms with Crippen molar-refractivity contribution in [3.05, 3.63) is 46.8 Å². The Bertz CT molecular complexity index is 858. The summed E-state index contributed by atoms with van der Waals surface area (Å²) in [5.74, 6) is 1.53. The first-order valence-corrected chi connectivity index (χ1v) is 10.7. The van der Waals surface area contributed by atoms with Gasteiger partial charge in [0.1, 0.15) is 23.6 Å². The van der Waals surface area contributed by atoms with E-state index in [1.54, 1.807) is 11.3 Å². The number of aliphatic imine (C=N–C) groups is 1. The fraction of sp³-hybridized carbons (Fsp3) is 0.429. The molecule has 0 atom stereocenters. The predicted octanol–water partition coefficient (Wildman–Crippen LogP) is 4.96. The average molecular weight is 401 g/mol. The van der Waals surface area contributed by atoms with Gasteiger partial charge in [0.05, 0.1) is 5.56 Å². The minimum atomic E-state index is -0.380. The minimum absolute atomic E-state index is 0. The fourth-order valence-corrected chi connectivity index (χ4v) is 4.37. The van der Waals surface area contributed by atoms with Crippen LogP contribution in [-0.2, 0) is 4.74 Å². The predicted molar refractivity (Wildman–Crippen MR) is 117 cm³/mol. The maximum atomic E-state index is 12.2. The van der Waals surface area contributed by atoms with Crippen LogP contribution in [0.1, 0.15) is 45.2 Å². The van der Waals surface area contributed by atoms with E-state index in [0.29, 0.717) is 12.6 Å². The van der Waals surface area contributed by atoms with Crippen LogP contribution in [0.4, 0.5) is 15.5 Å². The van der Waals surface area contributed by atoms with Crippen LogP contribution in [0.15, 0.2) is 40.7 Å². The molecule has 0 aliphatic carbocycles. The first-order chi connectivity index (χ1) is 13.6. The van der Waals surface area contributed by atoms with E-state index in [9.17, 15) is 4.79 Å². The molecule has 1 fully saturated rings. The summed E-state index contributed by atoms with van der Waals surface area (Å²) >= 11 is 1.71. The lowest BCUT2D eigenvalue weighted by Crippen LogP contribution is -2.43. The summed E-state index contributed by atoms with van der Waals surface area (Å²) in [4.78, 5) is 19.2. The second kappa shape index (κ2) is 8.22. The molecule has 7 heteroatoms. The van der Waals surface area contributed by atoms with Crippen LogP contribution in [0.5, 0.6) is 0 Å². The van der Waals surface area contributed by atoms with Crippen molar-refractivity contribution < 1.29 is 11.0 Å². The van der Waals surface area contributed by atoms with E-state index in [0.717, 1.165) is 37.5 Å². The number of hydrogen-bond acceptors (Lipinski definition) is 6. The number of rotatable bonds is 3. The molecule has 0 radical (unpaired) electrons. The van der Waals surface area contributed by atoms with Gasteiger partial charge in [0.25, 0.3) is 0 Å². The third kappa shape index (κ3) is 4.14. The van der Waals surface area contributed by atoms with Crippen LogP contribution in [0.25, 0.3) is 0 Å². The Morgan fingerprint density at radius 3 is 2.75 bits per heavy atom. The number of fused-ring (bicyclic) bond motifs is 1. The lowest BCUT2D eigenvalue weighted by molar-refractivity contribution is 0.0751. The molecule has 1 aromatic heterocycles. The van der Waals surface area contributed by atoms with Gasteiger partial charge in [-0.2, -0.15) is 0 Å². The molecule has 2 aliphatic heterocycles. The van der Waals surface area contributed by atoms with Crippen molar-refractivity contribution in [3.63, 3.8) is 0 Å². The zero-order valence-electron chi connectivity index (χ0n) is 16.3. The Labute approximate surface area is 171 Å². The number of carbonyl (C=O) groups is 1. The Kier molecular flexibility index (Phi) is 5.52. The fourth-order valence-electron chi connectivity index (χ4n) is 3.60. The lowest BCUT2D eigenvalue weighted by Gasteiger charge is -2.35. The molecule has 1 aromatic carbocycles. The first-order valence-electron chi connectivity index (χ1n) is 9.79. The van der Waals surface area contributed by atoms with Crippen LogP contribution >= 0.6 is 11.3 Å². The highest BCUT2D eigenvalue weighted by Gasteiger charge is 2.27. The third-order valence-corrected chi connectivity index (χ3v) is 6.09. The number of anilines is 2. The van der Waals surface area contributed by atoms with Gasteiger partial charge in [-0.15, -0.1) is 11.3 Å². The number of nitrogens with zero attached hydrogens (tertiary/aromatic N) is 2. The van der Waals surface area contributed by atoms with Crippen LogP contribution in [-0.4, -0.2) is 42.7 Å². The largest absolute Gasteiger partial charge is 0.446 e. The topological polar surface area (TPSA) is 66.0 Å². The summed E-state index contributed by atoms with van der Waals surface area (Å²) in [5, 5.41) is 9.42. The highest BCUT2D eigenvalue weighted by molar-refractivity contribution is 7.14. The van der Waals surface area contributed by atoms with Crippen molar-refractivity contribution in [2.24, 2.45) is 4.99 Å². The normalized spacial score (nSPS) is 17.0. The van der Waals surface area contributed by atoms with Crippen molar-refractivity contribution in [1.82, 2.24) is 4.90 Å². The zero-order chi connectivity index (χ0) is 19.5. The van der Waals surface area contributed by atoms with E-state index < -0.39 is 0 Å². The number of ether oxygens (including phenoxy) is 1. The number of nitrogens with one attached hydrogen (secondary N) is 2. The molecule has 4 rings (SSSR count). The second-order valence-corrected chi connectivity index (χ2v) is 8.39. The summed E-state index contributed by atoms with van der Waals surface area (Å²) in [6, 6.07) is 10.0. The zero-order valence-corrected chi connectivity index (χ0v) is 17.1.